The van der Waals surface area contributed by atoms with Crippen LogP contribution in [0.5, 0.6) is 0 Å². The van der Waals surface area contributed by atoms with Gasteiger partial charge in [0.1, 0.15) is 0 Å². The number of aryl methyl sites for hydroxylation is 1. The molecule has 25 heavy (non-hydrogen) atoms. The van der Waals surface area contributed by atoms with Crippen LogP contribution in [0.15, 0.2) is 46.5 Å². The summed E-state index contributed by atoms with van der Waals surface area (Å²) < 4.78 is 36.0. The van der Waals surface area contributed by atoms with Crippen LogP contribution >= 0.6 is 0 Å². The molecule has 3 aromatic rings. The van der Waals surface area contributed by atoms with Crippen LogP contribution in [0.1, 0.15) is 17.0 Å². The van der Waals surface area contributed by atoms with Gasteiger partial charge in [0.25, 0.3) is 5.56 Å². The monoisotopic (exact) mass is 358 g/mol. The molecule has 2 aromatic heterocycles. The number of aromatic nitrogens is 3. The molecule has 0 aliphatic carbocycles. The second kappa shape index (κ2) is 5.19. The van der Waals surface area contributed by atoms with Crippen molar-refractivity contribution in [2.24, 2.45) is 5.16 Å². The van der Waals surface area contributed by atoms with E-state index in [1.807, 2.05) is 6.92 Å². The normalized spacial score (nSPS) is 14.6. The predicted octanol–water partition coefficient (Wildman–Crippen LogP) is 0.974. The van der Waals surface area contributed by atoms with Crippen molar-refractivity contribution in [2.45, 2.75) is 6.92 Å². The Morgan fingerprint density at radius 1 is 1.28 bits per heavy atom. The minimum Gasteiger partial charge on any atom is -0.268 e. The molecular formula is C15H10N4O5S. The highest BCUT2D eigenvalue weighted by Gasteiger charge is 2.30. The van der Waals surface area contributed by atoms with Crippen molar-refractivity contribution in [1.29, 1.82) is 0 Å². The molecule has 0 saturated heterocycles. The molecule has 126 valence electrons. The molecule has 0 atom stereocenters. The number of pyridine rings is 1. The number of fused-ring (bicyclic) bond motifs is 4. The SMILES string of the molecule is Cc1ccc2c(c1)/C(=N\OS(=O)(=O)O)c1nc3ncccc3c(=O)n1-2. The van der Waals surface area contributed by atoms with Crippen molar-refractivity contribution in [2.75, 3.05) is 0 Å². The minimum absolute atomic E-state index is 0.0148. The number of benzene rings is 1. The molecule has 1 aromatic carbocycles. The fourth-order valence-corrected chi connectivity index (χ4v) is 2.90. The van der Waals surface area contributed by atoms with Crippen molar-refractivity contribution < 1.29 is 17.3 Å². The molecule has 0 fully saturated rings. The Bertz CT molecular complexity index is 1230. The van der Waals surface area contributed by atoms with Gasteiger partial charge in [-0.2, -0.15) is 8.42 Å². The first-order chi connectivity index (χ1) is 11.8. The van der Waals surface area contributed by atoms with E-state index in [4.69, 9.17) is 4.55 Å². The van der Waals surface area contributed by atoms with E-state index in [2.05, 4.69) is 19.4 Å². The molecule has 4 rings (SSSR count). The molecular weight excluding hydrogens is 348 g/mol. The van der Waals surface area contributed by atoms with Crippen molar-refractivity contribution in [1.82, 2.24) is 14.5 Å². The Morgan fingerprint density at radius 3 is 2.84 bits per heavy atom. The summed E-state index contributed by atoms with van der Waals surface area (Å²) in [6, 6.07) is 8.45. The quantitative estimate of drug-likeness (QED) is 0.418. The zero-order valence-electron chi connectivity index (χ0n) is 12.7. The standard InChI is InChI=1S/C15H10N4O5S/c1-8-4-5-11-10(7-8)12(18-24-25(21,22)23)14-17-13-9(3-2-6-16-13)15(20)19(11)14/h2-7H,1H3,(H,21,22,23)/b18-12+. The van der Waals surface area contributed by atoms with Gasteiger partial charge in [-0.25, -0.2) is 14.3 Å². The van der Waals surface area contributed by atoms with Gasteiger partial charge in [-0.05, 0) is 31.2 Å². The van der Waals surface area contributed by atoms with E-state index >= 15 is 0 Å². The Hall–Kier alpha value is -3.11. The third kappa shape index (κ3) is 2.47. The van der Waals surface area contributed by atoms with E-state index in [1.54, 1.807) is 30.3 Å². The number of rotatable bonds is 2. The lowest BCUT2D eigenvalue weighted by atomic mass is 10.1. The van der Waals surface area contributed by atoms with E-state index in [1.165, 1.54) is 10.8 Å². The van der Waals surface area contributed by atoms with Crippen LogP contribution in [0.25, 0.3) is 16.7 Å². The molecule has 1 N–H and O–H groups in total. The van der Waals surface area contributed by atoms with Crippen LogP contribution in [-0.4, -0.2) is 33.2 Å². The fourth-order valence-electron chi connectivity index (χ4n) is 2.73. The molecule has 0 spiro atoms. The summed E-state index contributed by atoms with van der Waals surface area (Å²) in [5.41, 5.74) is 1.66. The van der Waals surface area contributed by atoms with Gasteiger partial charge in [0.05, 0.1) is 11.1 Å². The lowest BCUT2D eigenvalue weighted by molar-refractivity contribution is 0.282. The van der Waals surface area contributed by atoms with Crippen LogP contribution in [0, 0.1) is 6.92 Å². The summed E-state index contributed by atoms with van der Waals surface area (Å²) in [4.78, 5) is 21.2. The molecule has 0 amide bonds. The third-order valence-electron chi connectivity index (χ3n) is 3.73. The highest BCUT2D eigenvalue weighted by atomic mass is 32.3. The van der Waals surface area contributed by atoms with E-state index in [0.29, 0.717) is 16.6 Å². The Balaban J connectivity index is 2.10. The lowest BCUT2D eigenvalue weighted by Gasteiger charge is -2.05. The molecule has 1 aliphatic heterocycles. The van der Waals surface area contributed by atoms with Crippen LogP contribution in [0.4, 0.5) is 0 Å². The number of hydrogen-bond acceptors (Lipinski definition) is 7. The number of hydrogen-bond donors (Lipinski definition) is 1. The Labute approximate surface area is 141 Å². The van der Waals surface area contributed by atoms with Crippen LogP contribution in [0.2, 0.25) is 0 Å². The molecule has 1 aliphatic rings. The number of oxime groups is 1. The van der Waals surface area contributed by atoms with E-state index in [-0.39, 0.29) is 22.7 Å². The van der Waals surface area contributed by atoms with Crippen LogP contribution < -0.4 is 5.56 Å². The maximum atomic E-state index is 12.8. The van der Waals surface area contributed by atoms with Gasteiger partial charge in [0, 0.05) is 11.8 Å². The van der Waals surface area contributed by atoms with Crippen molar-refractivity contribution >= 4 is 27.1 Å². The minimum atomic E-state index is -4.80. The molecule has 0 radical (unpaired) electrons. The van der Waals surface area contributed by atoms with Gasteiger partial charge >= 0.3 is 10.4 Å². The average Bonchev–Trinajstić information content (AvgIpc) is 2.85. The summed E-state index contributed by atoms with van der Waals surface area (Å²) in [5, 5.41) is 3.81. The van der Waals surface area contributed by atoms with Crippen molar-refractivity contribution in [3.05, 3.63) is 63.8 Å². The summed E-state index contributed by atoms with van der Waals surface area (Å²) in [6.07, 6.45) is 1.49. The summed E-state index contributed by atoms with van der Waals surface area (Å²) in [7, 11) is -4.80. The molecule has 0 saturated carbocycles. The van der Waals surface area contributed by atoms with Gasteiger partial charge in [-0.15, -0.1) is 0 Å². The second-order valence-electron chi connectivity index (χ2n) is 5.41. The van der Waals surface area contributed by atoms with Gasteiger partial charge in [0.15, 0.2) is 17.2 Å². The zero-order valence-corrected chi connectivity index (χ0v) is 13.6. The maximum Gasteiger partial charge on any atom is 0.466 e. The van der Waals surface area contributed by atoms with E-state index < -0.39 is 10.4 Å². The Kier molecular flexibility index (Phi) is 3.20. The summed E-state index contributed by atoms with van der Waals surface area (Å²) in [6.45, 7) is 1.83. The lowest BCUT2D eigenvalue weighted by Crippen LogP contribution is -2.22. The summed E-state index contributed by atoms with van der Waals surface area (Å²) >= 11 is 0. The van der Waals surface area contributed by atoms with Gasteiger partial charge in [0.2, 0.25) is 0 Å². The van der Waals surface area contributed by atoms with Crippen molar-refractivity contribution in [3.8, 4) is 5.69 Å². The van der Waals surface area contributed by atoms with E-state index in [0.717, 1.165) is 5.56 Å². The Morgan fingerprint density at radius 2 is 2.08 bits per heavy atom. The first-order valence-corrected chi connectivity index (χ1v) is 8.45. The fraction of sp³-hybridized carbons (Fsp3) is 0.0667. The average molecular weight is 358 g/mol. The highest BCUT2D eigenvalue weighted by Crippen LogP contribution is 2.27. The molecule has 3 heterocycles. The van der Waals surface area contributed by atoms with Crippen molar-refractivity contribution in [3.63, 3.8) is 0 Å². The smallest absolute Gasteiger partial charge is 0.268 e. The second-order valence-corrected chi connectivity index (χ2v) is 6.42. The summed E-state index contributed by atoms with van der Waals surface area (Å²) in [5.74, 6) is 0.0838. The third-order valence-corrected chi connectivity index (χ3v) is 3.99. The molecule has 0 unspecified atom stereocenters. The van der Waals surface area contributed by atoms with Gasteiger partial charge < -0.3 is 0 Å². The highest BCUT2D eigenvalue weighted by molar-refractivity contribution is 7.80. The van der Waals surface area contributed by atoms with E-state index in [9.17, 15) is 13.2 Å². The maximum absolute atomic E-state index is 12.8. The number of nitrogens with zero attached hydrogens (tertiary/aromatic N) is 4. The predicted molar refractivity (Wildman–Crippen MR) is 88.1 cm³/mol. The van der Waals surface area contributed by atoms with Crippen LogP contribution in [0.3, 0.4) is 0 Å². The molecule has 10 heteroatoms. The zero-order chi connectivity index (χ0) is 17.8. The first-order valence-electron chi connectivity index (χ1n) is 7.09. The topological polar surface area (TPSA) is 124 Å². The molecule has 0 bridgehead atoms. The van der Waals surface area contributed by atoms with Crippen LogP contribution in [-0.2, 0) is 14.7 Å². The first kappa shape index (κ1) is 15.4. The van der Waals surface area contributed by atoms with Gasteiger partial charge in [-0.1, -0.05) is 16.8 Å². The van der Waals surface area contributed by atoms with Gasteiger partial charge in [-0.3, -0.25) is 13.9 Å². The largest absolute Gasteiger partial charge is 0.466 e. The molecule has 9 nitrogen and oxygen atoms in total.